The summed E-state index contributed by atoms with van der Waals surface area (Å²) in [5.41, 5.74) is 5.76. The number of fused-ring (bicyclic) bond motifs is 1. The van der Waals surface area contributed by atoms with Gasteiger partial charge in [0.15, 0.2) is 0 Å². The van der Waals surface area contributed by atoms with Crippen LogP contribution >= 0.6 is 0 Å². The van der Waals surface area contributed by atoms with E-state index in [1.165, 1.54) is 22.1 Å². The zero-order valence-corrected chi connectivity index (χ0v) is 13.9. The van der Waals surface area contributed by atoms with Crippen molar-refractivity contribution >= 4 is 56.0 Å². The fourth-order valence-corrected chi connectivity index (χ4v) is 3.57. The van der Waals surface area contributed by atoms with E-state index in [2.05, 4.69) is 85.0 Å². The molecule has 0 N–H and O–H groups in total. The van der Waals surface area contributed by atoms with Gasteiger partial charge < -0.3 is 0 Å². The average Bonchev–Trinajstić information content (AvgIpc) is 3.20. The van der Waals surface area contributed by atoms with Crippen LogP contribution < -0.4 is 5.46 Å². The van der Waals surface area contributed by atoms with Crippen molar-refractivity contribution in [3.8, 4) is 0 Å². The molecule has 0 aliphatic heterocycles. The molecule has 2 aliphatic carbocycles. The summed E-state index contributed by atoms with van der Waals surface area (Å²) in [5.74, 6) is 0.453. The Bertz CT molecular complexity index is 747. The van der Waals surface area contributed by atoms with Crippen LogP contribution in [0.3, 0.4) is 0 Å². The first-order valence-corrected chi connectivity index (χ1v) is 7.61. The van der Waals surface area contributed by atoms with Crippen LogP contribution in [-0.2, 0) is 0 Å². The van der Waals surface area contributed by atoms with Crippen molar-refractivity contribution in [2.24, 2.45) is 0 Å². The van der Waals surface area contributed by atoms with Crippen molar-refractivity contribution in [1.29, 1.82) is 0 Å². The normalized spacial score (nSPS) is 17.0. The smallest absolute Gasteiger partial charge is 0.0908 e. The van der Waals surface area contributed by atoms with E-state index in [1.54, 1.807) is 0 Å². The van der Waals surface area contributed by atoms with Crippen LogP contribution in [0.15, 0.2) is 84.4 Å². The van der Waals surface area contributed by atoms with Crippen molar-refractivity contribution in [2.75, 3.05) is 0 Å². The van der Waals surface area contributed by atoms with E-state index >= 15 is 0 Å². The largest absolute Gasteiger partial charge is 0.216 e. The summed E-state index contributed by atoms with van der Waals surface area (Å²) in [6.07, 6.45) is 12.5. The molecule has 0 saturated heterocycles. The molecule has 0 bridgehead atoms. The summed E-state index contributed by atoms with van der Waals surface area (Å²) < 4.78 is 0. The minimum Gasteiger partial charge on any atom is -0.0908 e. The third-order valence-electron chi connectivity index (χ3n) is 4.56. The Labute approximate surface area is 163 Å². The molecule has 4 rings (SSSR count). The Morgan fingerprint density at radius 2 is 1.61 bits per heavy atom. The van der Waals surface area contributed by atoms with Crippen molar-refractivity contribution in [3.05, 3.63) is 95.5 Å². The Morgan fingerprint density at radius 3 is 2.35 bits per heavy atom. The van der Waals surface area contributed by atoms with Crippen LogP contribution in [0.25, 0.3) is 6.08 Å². The van der Waals surface area contributed by atoms with E-state index < -0.39 is 0 Å². The first-order chi connectivity index (χ1) is 10.4. The molecule has 0 saturated carbocycles. The zero-order valence-electron chi connectivity index (χ0n) is 13.9. The molecule has 23 heavy (non-hydrogen) atoms. The van der Waals surface area contributed by atoms with Gasteiger partial charge >= 0.3 is 0 Å². The van der Waals surface area contributed by atoms with Crippen molar-refractivity contribution < 1.29 is 0 Å². The van der Waals surface area contributed by atoms with Crippen LogP contribution in [0.2, 0.25) is 0 Å². The number of hydrogen-bond donors (Lipinski definition) is 0. The molecule has 0 heterocycles. The van der Waals surface area contributed by atoms with E-state index in [0.29, 0.717) is 12.5 Å². The Hall–Kier alpha value is -1.08. The molecule has 2 aromatic rings. The van der Waals surface area contributed by atoms with Crippen molar-refractivity contribution in [3.63, 3.8) is 0 Å². The Balaban J connectivity index is 0.000000960. The molecule has 1 unspecified atom stereocenters. The summed E-state index contributed by atoms with van der Waals surface area (Å²) >= 11 is 0. The second-order valence-electron chi connectivity index (χ2n) is 5.78. The molecule has 0 nitrogen and oxygen atoms in total. The predicted octanol–water partition coefficient (Wildman–Crippen LogP) is 3.40. The van der Waals surface area contributed by atoms with E-state index in [1.807, 2.05) is 0 Å². The van der Waals surface area contributed by atoms with Crippen LogP contribution in [-0.4, -0.2) is 44.4 Å². The monoisotopic (exact) mass is 282 g/mol. The minimum absolute atomic E-state index is 0. The van der Waals surface area contributed by atoms with Gasteiger partial charge in [-0.15, -0.1) is 0 Å². The van der Waals surface area contributed by atoms with Gasteiger partial charge in [0.2, 0.25) is 6.71 Å². The fourth-order valence-electron chi connectivity index (χ4n) is 3.57. The summed E-state index contributed by atoms with van der Waals surface area (Å²) in [6.45, 7) is 0.445. The summed E-state index contributed by atoms with van der Waals surface area (Å²) in [5, 5.41) is 0. The number of rotatable bonds is 3. The maximum atomic E-state index is 2.38. The Kier molecular flexibility index (Phi) is 6.47. The summed E-state index contributed by atoms with van der Waals surface area (Å²) in [6, 6.07) is 19.7. The Morgan fingerprint density at radius 1 is 0.870 bits per heavy atom. The molecular weight excluding hydrogens is 265 g/mol. The number of hydrogen-bond acceptors (Lipinski definition) is 0. The first-order valence-electron chi connectivity index (χ1n) is 7.61. The standard InChI is InChI=1S/C20H17B.2Li/c1-2-9-17(10-3-1)21(18-11-5-6-12-18)20-15-14-16-8-4-7-13-19(16)20;;/h1-11,13-15,20H,12H2;;. The SMILES string of the molecule is C1=CCC(B(c2ccccc2)C2C=Cc3ccccc32)=C1.[Li].[Li]. The molecule has 2 aliphatic rings. The second kappa shape index (κ2) is 8.15. The predicted molar refractivity (Wildman–Crippen MR) is 103 cm³/mol. The van der Waals surface area contributed by atoms with E-state index in [0.717, 1.165) is 6.42 Å². The third-order valence-corrected chi connectivity index (χ3v) is 4.56. The second-order valence-corrected chi connectivity index (χ2v) is 5.78. The van der Waals surface area contributed by atoms with Crippen molar-refractivity contribution in [1.82, 2.24) is 0 Å². The zero-order chi connectivity index (χ0) is 14.1. The van der Waals surface area contributed by atoms with Gasteiger partial charge in [-0.25, -0.2) is 0 Å². The molecule has 0 spiro atoms. The quantitative estimate of drug-likeness (QED) is 0.757. The summed E-state index contributed by atoms with van der Waals surface area (Å²) in [7, 11) is 0. The van der Waals surface area contributed by atoms with Gasteiger partial charge in [-0.3, -0.25) is 0 Å². The molecule has 1 atom stereocenters. The molecule has 102 valence electrons. The molecule has 2 radical (unpaired) electrons. The van der Waals surface area contributed by atoms with Crippen LogP contribution in [0.4, 0.5) is 0 Å². The molecule has 3 heteroatoms. The van der Waals surface area contributed by atoms with Gasteiger partial charge in [0, 0.05) is 37.7 Å². The molecule has 2 aromatic carbocycles. The van der Waals surface area contributed by atoms with Gasteiger partial charge in [-0.05, 0) is 23.4 Å². The topological polar surface area (TPSA) is 0 Å². The van der Waals surface area contributed by atoms with E-state index in [-0.39, 0.29) is 37.7 Å². The van der Waals surface area contributed by atoms with Crippen LogP contribution in [0, 0.1) is 0 Å². The van der Waals surface area contributed by atoms with Gasteiger partial charge in [0.25, 0.3) is 0 Å². The van der Waals surface area contributed by atoms with Crippen molar-refractivity contribution in [2.45, 2.75) is 12.2 Å². The molecule has 0 fully saturated rings. The van der Waals surface area contributed by atoms with Gasteiger partial charge in [-0.2, -0.15) is 0 Å². The third kappa shape index (κ3) is 3.55. The maximum Gasteiger partial charge on any atom is 0.216 e. The van der Waals surface area contributed by atoms with Crippen LogP contribution in [0.1, 0.15) is 23.4 Å². The fraction of sp³-hybridized carbons (Fsp3) is 0.100. The van der Waals surface area contributed by atoms with Gasteiger partial charge in [0.1, 0.15) is 0 Å². The van der Waals surface area contributed by atoms with Crippen LogP contribution in [0.5, 0.6) is 0 Å². The summed E-state index contributed by atoms with van der Waals surface area (Å²) in [4.78, 5) is 0. The van der Waals surface area contributed by atoms with E-state index in [4.69, 9.17) is 0 Å². The minimum atomic E-state index is 0. The maximum absolute atomic E-state index is 2.38. The van der Waals surface area contributed by atoms with Gasteiger partial charge in [-0.1, -0.05) is 95.9 Å². The van der Waals surface area contributed by atoms with Gasteiger partial charge in [0.05, 0.1) is 0 Å². The molecular formula is C20H17BLi2. The molecule has 0 aromatic heterocycles. The number of allylic oxidation sites excluding steroid dienone is 5. The average molecular weight is 282 g/mol. The number of benzene rings is 2. The molecule has 0 amide bonds. The van der Waals surface area contributed by atoms with E-state index in [9.17, 15) is 0 Å². The first kappa shape index (κ1) is 18.3.